The van der Waals surface area contributed by atoms with Crippen molar-refractivity contribution in [1.29, 1.82) is 0 Å². The summed E-state index contributed by atoms with van der Waals surface area (Å²) in [6, 6.07) is 0.568. The van der Waals surface area contributed by atoms with Gasteiger partial charge in [0.25, 0.3) is 0 Å². The van der Waals surface area contributed by atoms with Crippen LogP contribution in [-0.4, -0.2) is 61.2 Å². The van der Waals surface area contributed by atoms with Crippen molar-refractivity contribution in [2.75, 3.05) is 37.9 Å². The Labute approximate surface area is 108 Å². The second kappa shape index (κ2) is 9.16. The zero-order chi connectivity index (χ0) is 12.5. The van der Waals surface area contributed by atoms with Crippen molar-refractivity contribution >= 4 is 11.8 Å². The summed E-state index contributed by atoms with van der Waals surface area (Å²) >= 11 is 1.97. The maximum Gasteiger partial charge on any atom is 0.0897 e. The molecule has 0 spiro atoms. The summed E-state index contributed by atoms with van der Waals surface area (Å²) in [5, 5.41) is 13.0. The van der Waals surface area contributed by atoms with E-state index in [0.717, 1.165) is 5.75 Å². The number of thioether (sulfide) groups is 1. The fourth-order valence-corrected chi connectivity index (χ4v) is 2.81. The molecule has 2 unspecified atom stereocenters. The first-order valence-electron chi connectivity index (χ1n) is 6.37. The average Bonchev–Trinajstić information content (AvgIpc) is 2.78. The standard InChI is InChI=1S/C12H25NO3S/c1-10(2)16-5-4-15-8-12(14)7-13-11-3-6-17-9-11/h10-14H,3-9H2,1-2H3. The van der Waals surface area contributed by atoms with Crippen molar-refractivity contribution in [1.82, 2.24) is 5.32 Å². The third-order valence-corrected chi connectivity index (χ3v) is 3.72. The molecule has 0 radical (unpaired) electrons. The number of aliphatic hydroxyl groups excluding tert-OH is 1. The molecule has 1 aliphatic rings. The predicted octanol–water partition coefficient (Wildman–Crippen LogP) is 0.884. The van der Waals surface area contributed by atoms with Gasteiger partial charge in [0.05, 0.1) is 32.0 Å². The van der Waals surface area contributed by atoms with E-state index in [9.17, 15) is 5.11 Å². The maximum absolute atomic E-state index is 9.68. The van der Waals surface area contributed by atoms with E-state index < -0.39 is 6.10 Å². The summed E-state index contributed by atoms with van der Waals surface area (Å²) in [6.45, 7) is 6.15. The van der Waals surface area contributed by atoms with E-state index in [0.29, 0.717) is 32.4 Å². The van der Waals surface area contributed by atoms with Gasteiger partial charge in [-0.15, -0.1) is 0 Å². The number of nitrogens with one attached hydrogen (secondary N) is 1. The molecule has 1 fully saturated rings. The Kier molecular flexibility index (Phi) is 8.22. The van der Waals surface area contributed by atoms with Crippen LogP contribution in [0.25, 0.3) is 0 Å². The van der Waals surface area contributed by atoms with Gasteiger partial charge in [-0.25, -0.2) is 0 Å². The summed E-state index contributed by atoms with van der Waals surface area (Å²) in [7, 11) is 0. The average molecular weight is 263 g/mol. The Balaban J connectivity index is 1.88. The predicted molar refractivity (Wildman–Crippen MR) is 71.6 cm³/mol. The van der Waals surface area contributed by atoms with Crippen molar-refractivity contribution in [2.45, 2.75) is 38.5 Å². The minimum Gasteiger partial charge on any atom is -0.389 e. The lowest BCUT2D eigenvalue weighted by Crippen LogP contribution is -2.37. The lowest BCUT2D eigenvalue weighted by atomic mass is 10.2. The number of hydrogen-bond donors (Lipinski definition) is 2. The molecule has 1 heterocycles. The van der Waals surface area contributed by atoms with Gasteiger partial charge in [0, 0.05) is 18.3 Å². The van der Waals surface area contributed by atoms with E-state index in [-0.39, 0.29) is 6.10 Å². The Bertz CT molecular complexity index is 187. The van der Waals surface area contributed by atoms with Crippen LogP contribution < -0.4 is 5.32 Å². The second-order valence-electron chi connectivity index (χ2n) is 4.62. The van der Waals surface area contributed by atoms with Crippen LogP contribution in [0.15, 0.2) is 0 Å². The zero-order valence-electron chi connectivity index (χ0n) is 10.9. The molecule has 0 aromatic heterocycles. The van der Waals surface area contributed by atoms with Crippen LogP contribution in [0.5, 0.6) is 0 Å². The number of rotatable bonds is 9. The van der Waals surface area contributed by atoms with E-state index in [1.165, 1.54) is 12.2 Å². The van der Waals surface area contributed by atoms with E-state index >= 15 is 0 Å². The third-order valence-electron chi connectivity index (χ3n) is 2.56. The normalized spacial score (nSPS) is 22.2. The van der Waals surface area contributed by atoms with Gasteiger partial charge in [-0.1, -0.05) is 0 Å². The molecule has 0 bridgehead atoms. The fourth-order valence-electron chi connectivity index (χ4n) is 1.62. The van der Waals surface area contributed by atoms with Gasteiger partial charge in [-0.3, -0.25) is 0 Å². The van der Waals surface area contributed by atoms with Crippen molar-refractivity contribution in [3.8, 4) is 0 Å². The SMILES string of the molecule is CC(C)OCCOCC(O)CNC1CCSC1. The van der Waals surface area contributed by atoms with Gasteiger partial charge in [0.15, 0.2) is 0 Å². The van der Waals surface area contributed by atoms with Crippen molar-refractivity contribution in [3.63, 3.8) is 0 Å². The van der Waals surface area contributed by atoms with E-state index in [4.69, 9.17) is 9.47 Å². The summed E-state index contributed by atoms with van der Waals surface area (Å²) in [5.41, 5.74) is 0. The van der Waals surface area contributed by atoms with Gasteiger partial charge < -0.3 is 19.9 Å². The van der Waals surface area contributed by atoms with E-state index in [1.54, 1.807) is 0 Å². The van der Waals surface area contributed by atoms with Crippen LogP contribution >= 0.6 is 11.8 Å². The van der Waals surface area contributed by atoms with Crippen molar-refractivity contribution < 1.29 is 14.6 Å². The molecule has 0 aromatic rings. The Hall–Kier alpha value is 0.190. The number of ether oxygens (including phenoxy) is 2. The summed E-state index contributed by atoms with van der Waals surface area (Å²) in [4.78, 5) is 0. The highest BCUT2D eigenvalue weighted by atomic mass is 32.2. The molecule has 102 valence electrons. The molecule has 2 atom stereocenters. The quantitative estimate of drug-likeness (QED) is 0.605. The Morgan fingerprint density at radius 3 is 2.88 bits per heavy atom. The maximum atomic E-state index is 9.68. The molecule has 4 nitrogen and oxygen atoms in total. The smallest absolute Gasteiger partial charge is 0.0897 e. The van der Waals surface area contributed by atoms with Crippen molar-refractivity contribution in [2.24, 2.45) is 0 Å². The Morgan fingerprint density at radius 2 is 2.24 bits per heavy atom. The molecule has 0 amide bonds. The molecular formula is C12H25NO3S. The van der Waals surface area contributed by atoms with E-state index in [1.807, 2.05) is 25.6 Å². The number of aliphatic hydroxyl groups is 1. The largest absolute Gasteiger partial charge is 0.389 e. The van der Waals surface area contributed by atoms with Gasteiger partial charge in [0.1, 0.15) is 0 Å². The van der Waals surface area contributed by atoms with Crippen LogP contribution in [0, 0.1) is 0 Å². The minimum atomic E-state index is -0.417. The molecule has 2 N–H and O–H groups in total. The lowest BCUT2D eigenvalue weighted by Gasteiger charge is -2.16. The fraction of sp³-hybridized carbons (Fsp3) is 1.00. The minimum absolute atomic E-state index is 0.241. The second-order valence-corrected chi connectivity index (χ2v) is 5.77. The molecule has 1 aliphatic heterocycles. The molecule has 1 rings (SSSR count). The van der Waals surface area contributed by atoms with Gasteiger partial charge in [-0.2, -0.15) is 11.8 Å². The van der Waals surface area contributed by atoms with Crippen LogP contribution in [0.3, 0.4) is 0 Å². The third kappa shape index (κ3) is 8.00. The first-order valence-corrected chi connectivity index (χ1v) is 7.52. The first-order chi connectivity index (χ1) is 8.18. The van der Waals surface area contributed by atoms with Gasteiger partial charge >= 0.3 is 0 Å². The zero-order valence-corrected chi connectivity index (χ0v) is 11.7. The number of hydrogen-bond acceptors (Lipinski definition) is 5. The molecule has 0 aliphatic carbocycles. The molecule has 0 saturated carbocycles. The van der Waals surface area contributed by atoms with Crippen molar-refractivity contribution in [3.05, 3.63) is 0 Å². The Morgan fingerprint density at radius 1 is 1.41 bits per heavy atom. The highest BCUT2D eigenvalue weighted by Crippen LogP contribution is 2.16. The first kappa shape index (κ1) is 15.2. The molecular weight excluding hydrogens is 238 g/mol. The van der Waals surface area contributed by atoms with Crippen LogP contribution in [0.1, 0.15) is 20.3 Å². The van der Waals surface area contributed by atoms with Gasteiger partial charge in [-0.05, 0) is 26.0 Å². The molecule has 0 aromatic carbocycles. The molecule has 5 heteroatoms. The highest BCUT2D eigenvalue weighted by molar-refractivity contribution is 7.99. The van der Waals surface area contributed by atoms with Gasteiger partial charge in [0.2, 0.25) is 0 Å². The van der Waals surface area contributed by atoms with E-state index in [2.05, 4.69) is 5.32 Å². The summed E-state index contributed by atoms with van der Waals surface area (Å²) < 4.78 is 10.7. The van der Waals surface area contributed by atoms with Crippen LogP contribution in [0.4, 0.5) is 0 Å². The molecule has 17 heavy (non-hydrogen) atoms. The molecule has 1 saturated heterocycles. The highest BCUT2D eigenvalue weighted by Gasteiger charge is 2.15. The summed E-state index contributed by atoms with van der Waals surface area (Å²) in [6.07, 6.45) is 1.03. The summed E-state index contributed by atoms with van der Waals surface area (Å²) in [5.74, 6) is 2.40. The van der Waals surface area contributed by atoms with Crippen LogP contribution in [-0.2, 0) is 9.47 Å². The monoisotopic (exact) mass is 263 g/mol. The lowest BCUT2D eigenvalue weighted by molar-refractivity contribution is -0.0103. The van der Waals surface area contributed by atoms with Crippen LogP contribution in [0.2, 0.25) is 0 Å². The topological polar surface area (TPSA) is 50.7 Å².